The summed E-state index contributed by atoms with van der Waals surface area (Å²) < 4.78 is 4.75. The van der Waals surface area contributed by atoms with Crippen molar-refractivity contribution in [2.75, 3.05) is 14.2 Å². The minimum absolute atomic E-state index is 0.0134. The third-order valence-electron chi connectivity index (χ3n) is 7.69. The first-order chi connectivity index (χ1) is 14.5. The third-order valence-corrected chi connectivity index (χ3v) is 7.69. The Morgan fingerprint density at radius 3 is 2.52 bits per heavy atom. The van der Waals surface area contributed by atoms with Crippen molar-refractivity contribution in [1.29, 1.82) is 0 Å². The van der Waals surface area contributed by atoms with Crippen LogP contribution in [0.4, 0.5) is 0 Å². The van der Waals surface area contributed by atoms with Gasteiger partial charge in [0.05, 0.1) is 13.2 Å². The fourth-order valence-electron chi connectivity index (χ4n) is 5.58. The molecule has 31 heavy (non-hydrogen) atoms. The van der Waals surface area contributed by atoms with E-state index < -0.39 is 35.2 Å². The number of hydrogen-bond donors (Lipinski definition) is 2. The highest BCUT2D eigenvalue weighted by molar-refractivity contribution is 6.26. The molecular weight excluding hydrogens is 398 g/mol. The van der Waals surface area contributed by atoms with Gasteiger partial charge in [-0.2, -0.15) is 0 Å². The molecule has 172 valence electrons. The van der Waals surface area contributed by atoms with Crippen molar-refractivity contribution in [3.8, 4) is 0 Å². The standard InChI is InChI=1S/C24H35NO6/c1-13(2)24(30,23(29)31-5)12-17-20(26)19(22(28)25(17)4)21(27)18-14(3)10-11-15-8-6-7-9-16(15)18/h10-11,13-18,27,30H,6-9,12H2,1-5H3/b21-19+/t14-,15+,16-,17-,18-,24-/m1/s1. The summed E-state index contributed by atoms with van der Waals surface area (Å²) in [4.78, 5) is 39.9. The normalized spacial score (nSPS) is 34.5. The molecule has 6 atom stereocenters. The molecule has 2 aliphatic carbocycles. The molecule has 0 aromatic heterocycles. The van der Waals surface area contributed by atoms with E-state index in [9.17, 15) is 24.6 Å². The van der Waals surface area contributed by atoms with Crippen LogP contribution < -0.4 is 0 Å². The van der Waals surface area contributed by atoms with Gasteiger partial charge in [-0.15, -0.1) is 0 Å². The molecule has 0 spiro atoms. The Hall–Kier alpha value is -2.15. The number of nitrogens with zero attached hydrogens (tertiary/aromatic N) is 1. The first kappa shape index (κ1) is 23.5. The van der Waals surface area contributed by atoms with Crippen LogP contribution in [0.3, 0.4) is 0 Å². The molecule has 3 aliphatic rings. The van der Waals surface area contributed by atoms with Gasteiger partial charge in [-0.05, 0) is 36.5 Å². The fourth-order valence-corrected chi connectivity index (χ4v) is 5.58. The number of carbonyl (C=O) groups excluding carboxylic acids is 3. The molecule has 3 rings (SSSR count). The van der Waals surface area contributed by atoms with Crippen molar-refractivity contribution in [3.63, 3.8) is 0 Å². The van der Waals surface area contributed by atoms with Gasteiger partial charge in [0.2, 0.25) is 0 Å². The highest BCUT2D eigenvalue weighted by Gasteiger charge is 2.52. The predicted molar refractivity (Wildman–Crippen MR) is 115 cm³/mol. The molecule has 0 unspecified atom stereocenters. The Labute approximate surface area is 184 Å². The number of rotatable bonds is 5. The number of likely N-dealkylation sites (N-methyl/N-ethyl adjacent to an activating group) is 1. The van der Waals surface area contributed by atoms with Crippen LogP contribution in [0.5, 0.6) is 0 Å². The number of Topliss-reactive ketones (excluding diaryl/α,β-unsaturated/α-hetero) is 1. The lowest BCUT2D eigenvalue weighted by atomic mass is 9.64. The van der Waals surface area contributed by atoms with Crippen molar-refractivity contribution < 1.29 is 29.3 Å². The van der Waals surface area contributed by atoms with E-state index in [1.165, 1.54) is 19.1 Å². The lowest BCUT2D eigenvalue weighted by Crippen LogP contribution is -2.50. The van der Waals surface area contributed by atoms with E-state index in [0.29, 0.717) is 5.92 Å². The van der Waals surface area contributed by atoms with Gasteiger partial charge in [-0.1, -0.05) is 45.8 Å². The number of fused-ring (bicyclic) bond motifs is 1. The molecule has 2 N–H and O–H groups in total. The van der Waals surface area contributed by atoms with Crippen molar-refractivity contribution in [3.05, 3.63) is 23.5 Å². The van der Waals surface area contributed by atoms with Crippen LogP contribution in [-0.2, 0) is 19.1 Å². The summed E-state index contributed by atoms with van der Waals surface area (Å²) >= 11 is 0. The van der Waals surface area contributed by atoms with Crippen molar-refractivity contribution in [1.82, 2.24) is 4.90 Å². The number of ether oxygens (including phenoxy) is 1. The van der Waals surface area contributed by atoms with Gasteiger partial charge in [0.15, 0.2) is 11.4 Å². The van der Waals surface area contributed by atoms with Gasteiger partial charge in [-0.3, -0.25) is 9.59 Å². The zero-order valence-electron chi connectivity index (χ0n) is 19.1. The van der Waals surface area contributed by atoms with Crippen LogP contribution in [-0.4, -0.2) is 58.6 Å². The first-order valence-corrected chi connectivity index (χ1v) is 11.3. The van der Waals surface area contributed by atoms with Crippen LogP contribution >= 0.6 is 0 Å². The van der Waals surface area contributed by atoms with Crippen molar-refractivity contribution in [2.24, 2.45) is 29.6 Å². The summed E-state index contributed by atoms with van der Waals surface area (Å²) in [6.07, 6.45) is 8.25. The Morgan fingerprint density at radius 1 is 1.26 bits per heavy atom. The number of likely N-dealkylation sites (tertiary alicyclic amines) is 1. The van der Waals surface area contributed by atoms with Gasteiger partial charge in [0.1, 0.15) is 11.3 Å². The summed E-state index contributed by atoms with van der Waals surface area (Å²) in [6.45, 7) is 5.32. The Morgan fingerprint density at radius 2 is 1.90 bits per heavy atom. The number of carbonyl (C=O) groups is 3. The highest BCUT2D eigenvalue weighted by atomic mass is 16.5. The van der Waals surface area contributed by atoms with E-state index >= 15 is 0 Å². The molecule has 1 heterocycles. The molecule has 0 radical (unpaired) electrons. The molecule has 0 aromatic rings. The number of esters is 1. The maximum atomic E-state index is 13.3. The predicted octanol–water partition coefficient (Wildman–Crippen LogP) is 2.79. The second-order valence-electron chi connectivity index (χ2n) is 9.71. The lowest BCUT2D eigenvalue weighted by molar-refractivity contribution is -0.170. The first-order valence-electron chi connectivity index (χ1n) is 11.3. The van der Waals surface area contributed by atoms with E-state index in [-0.39, 0.29) is 35.5 Å². The minimum Gasteiger partial charge on any atom is -0.511 e. The summed E-state index contributed by atoms with van der Waals surface area (Å²) in [5.41, 5.74) is -2.11. The molecule has 7 heteroatoms. The average molecular weight is 434 g/mol. The minimum atomic E-state index is -1.91. The van der Waals surface area contributed by atoms with Gasteiger partial charge >= 0.3 is 5.97 Å². The maximum absolute atomic E-state index is 13.3. The monoisotopic (exact) mass is 433 g/mol. The molecule has 1 saturated heterocycles. The number of aliphatic hydroxyl groups is 2. The molecule has 1 amide bonds. The van der Waals surface area contributed by atoms with Crippen LogP contribution in [0.1, 0.15) is 52.9 Å². The number of allylic oxidation sites excluding steroid dienone is 3. The molecule has 1 aliphatic heterocycles. The van der Waals surface area contributed by atoms with Gasteiger partial charge < -0.3 is 19.8 Å². The molecule has 1 saturated carbocycles. The Kier molecular flexibility index (Phi) is 6.65. The molecule has 0 bridgehead atoms. The van der Waals surface area contributed by atoms with Crippen LogP contribution in [0, 0.1) is 29.6 Å². The smallest absolute Gasteiger partial charge is 0.338 e. The summed E-state index contributed by atoms with van der Waals surface area (Å²) in [5.74, 6) is -2.31. The quantitative estimate of drug-likeness (QED) is 0.227. The largest absolute Gasteiger partial charge is 0.511 e. The number of hydrogen-bond acceptors (Lipinski definition) is 6. The van der Waals surface area contributed by atoms with Crippen LogP contribution in [0.15, 0.2) is 23.5 Å². The van der Waals surface area contributed by atoms with E-state index in [1.54, 1.807) is 13.8 Å². The number of methoxy groups -OCH3 is 1. The topological polar surface area (TPSA) is 104 Å². The lowest BCUT2D eigenvalue weighted by Gasteiger charge is -2.41. The second-order valence-corrected chi connectivity index (χ2v) is 9.71. The summed E-state index contributed by atoms with van der Waals surface area (Å²) in [7, 11) is 2.65. The van der Waals surface area contributed by atoms with Crippen molar-refractivity contribution in [2.45, 2.75) is 64.5 Å². The number of ketones is 1. The van der Waals surface area contributed by atoms with E-state index in [1.807, 2.05) is 6.92 Å². The van der Waals surface area contributed by atoms with Gasteiger partial charge in [0, 0.05) is 19.4 Å². The van der Waals surface area contributed by atoms with E-state index in [2.05, 4.69) is 12.2 Å². The number of aliphatic hydroxyl groups excluding tert-OH is 1. The third kappa shape index (κ3) is 3.93. The van der Waals surface area contributed by atoms with Crippen LogP contribution in [0.25, 0.3) is 0 Å². The zero-order valence-corrected chi connectivity index (χ0v) is 19.1. The van der Waals surface area contributed by atoms with E-state index in [4.69, 9.17) is 4.74 Å². The molecule has 2 fully saturated rings. The van der Waals surface area contributed by atoms with Crippen LogP contribution in [0.2, 0.25) is 0 Å². The summed E-state index contributed by atoms with van der Waals surface area (Å²) in [5, 5.41) is 22.2. The van der Waals surface area contributed by atoms with Gasteiger partial charge in [0.25, 0.3) is 5.91 Å². The highest BCUT2D eigenvalue weighted by Crippen LogP contribution is 2.46. The van der Waals surface area contributed by atoms with Crippen molar-refractivity contribution >= 4 is 17.7 Å². The molecular formula is C24H35NO6. The Balaban J connectivity index is 1.96. The SMILES string of the molecule is COC(=O)[C@@](O)(C[C@@H]1C(=O)/C(=C(\O)[C@H]2[C@@H]3CCCC[C@H]3C=C[C@H]2C)C(=O)N1C)C(C)C. The number of amides is 1. The zero-order chi connectivity index (χ0) is 23.1. The summed E-state index contributed by atoms with van der Waals surface area (Å²) in [6, 6.07) is -1.03. The maximum Gasteiger partial charge on any atom is 0.338 e. The fraction of sp³-hybridized carbons (Fsp3) is 0.708. The Bertz CT molecular complexity index is 815. The average Bonchev–Trinajstić information content (AvgIpc) is 2.95. The molecule has 0 aromatic carbocycles. The molecule has 7 nitrogen and oxygen atoms in total. The second kappa shape index (κ2) is 8.77. The van der Waals surface area contributed by atoms with Gasteiger partial charge in [-0.25, -0.2) is 4.79 Å². The van der Waals surface area contributed by atoms with E-state index in [0.717, 1.165) is 25.7 Å².